The van der Waals surface area contributed by atoms with Gasteiger partial charge in [-0.15, -0.1) is 0 Å². The number of nitrogens with two attached hydrogens (primary N) is 2. The van der Waals surface area contributed by atoms with E-state index in [1.54, 1.807) is 81.4 Å². The second-order valence-corrected chi connectivity index (χ2v) is 19.6. The molecule has 0 saturated carbocycles. The van der Waals surface area contributed by atoms with Crippen molar-refractivity contribution in [1.82, 2.24) is 0 Å². The molecule has 0 amide bonds. The molecule has 6 N–H and O–H groups in total. The summed E-state index contributed by atoms with van der Waals surface area (Å²) < 4.78 is 16.4. The molecule has 0 saturated heterocycles. The zero-order valence-corrected chi connectivity index (χ0v) is 45.4. The van der Waals surface area contributed by atoms with E-state index in [-0.39, 0.29) is 42.3 Å². The summed E-state index contributed by atoms with van der Waals surface area (Å²) >= 11 is 3.36. The molecule has 0 radical (unpaired) electrons. The maximum absolute atomic E-state index is 13.6. The maximum Gasteiger partial charge on any atom is 0.333 e. The van der Waals surface area contributed by atoms with Crippen LogP contribution in [0.15, 0.2) is 187 Å². The van der Waals surface area contributed by atoms with Crippen molar-refractivity contribution in [3.8, 4) is 0 Å². The predicted octanol–water partition coefficient (Wildman–Crippen LogP) is 12.0. The van der Waals surface area contributed by atoms with Crippen molar-refractivity contribution in [1.29, 1.82) is 0 Å². The summed E-state index contributed by atoms with van der Waals surface area (Å²) in [5.74, 6) is -1.94. The number of nitrogen functional groups attached to an aromatic ring is 2. The minimum absolute atomic E-state index is 0.167. The van der Waals surface area contributed by atoms with Crippen LogP contribution in [0.25, 0.3) is 0 Å². The number of ether oxygens (including phenoxy) is 3. The molecule has 0 unspecified atom stereocenters. The van der Waals surface area contributed by atoms with Crippen LogP contribution in [0.2, 0.25) is 0 Å². The largest absolute Gasteiger partial charge is 0.462 e. The summed E-state index contributed by atoms with van der Waals surface area (Å²) in [6.45, 7) is 16.5. The normalized spacial score (nSPS) is 11.6. The molecule has 79 heavy (non-hydrogen) atoms. The molecule has 2 aliphatic carbocycles. The first-order chi connectivity index (χ1) is 37.8. The number of anilines is 6. The van der Waals surface area contributed by atoms with Crippen molar-refractivity contribution >= 4 is 91.1 Å². The SMILES string of the molecule is C=C(C)C(=O)OCCc1ccc(Br)cc1.C=C(C)C(=O)OCCc1ccc(Nc2ccc3c(c2)C(=O)c2cc(Nc4ccc(CCOC(=O)C(=C)C)cc4)ccc2C3=O)cc1.Nc1ccc2c(c1)C(=O)c1cc(N)ccc1C2=O. The van der Waals surface area contributed by atoms with Gasteiger partial charge in [-0.05, 0) is 147 Å². The zero-order valence-electron chi connectivity index (χ0n) is 43.8. The van der Waals surface area contributed by atoms with E-state index in [0.29, 0.717) is 103 Å². The summed E-state index contributed by atoms with van der Waals surface area (Å²) in [6, 6.07) is 43.1. The fourth-order valence-corrected chi connectivity index (χ4v) is 8.40. The Hall–Kier alpha value is -9.47. The Morgan fingerprint density at radius 1 is 0.392 bits per heavy atom. The number of nitrogens with one attached hydrogen (secondary N) is 2. The van der Waals surface area contributed by atoms with E-state index in [2.05, 4.69) is 46.3 Å². The lowest BCUT2D eigenvalue weighted by Crippen LogP contribution is -2.21. The number of fused-ring (bicyclic) bond motifs is 4. The van der Waals surface area contributed by atoms with E-state index in [1.165, 1.54) is 12.1 Å². The smallest absolute Gasteiger partial charge is 0.333 e. The lowest BCUT2D eigenvalue weighted by Gasteiger charge is -2.20. The average molecular weight is 1120 g/mol. The van der Waals surface area contributed by atoms with Crippen LogP contribution < -0.4 is 22.1 Å². The van der Waals surface area contributed by atoms with E-state index in [1.807, 2.05) is 72.8 Å². The van der Waals surface area contributed by atoms with Gasteiger partial charge in [-0.2, -0.15) is 0 Å². The van der Waals surface area contributed by atoms with Crippen LogP contribution in [0.1, 0.15) is 101 Å². The Balaban J connectivity index is 0.000000221. The van der Waals surface area contributed by atoms with Gasteiger partial charge in [0, 0.05) is 119 Å². The Morgan fingerprint density at radius 2 is 0.658 bits per heavy atom. The number of benzene rings is 7. The van der Waals surface area contributed by atoms with Crippen LogP contribution in [0.5, 0.6) is 0 Å². The van der Waals surface area contributed by atoms with Crippen LogP contribution in [0, 0.1) is 0 Å². The summed E-state index contributed by atoms with van der Waals surface area (Å²) in [5.41, 5.74) is 22.4. The molecular formula is C64H57BrN4O10. The molecule has 0 heterocycles. The van der Waals surface area contributed by atoms with Crippen molar-refractivity contribution in [3.05, 3.63) is 248 Å². The molecule has 7 aromatic rings. The number of rotatable bonds is 16. The highest BCUT2D eigenvalue weighted by atomic mass is 79.9. The first-order valence-electron chi connectivity index (χ1n) is 25.0. The van der Waals surface area contributed by atoms with Crippen LogP contribution >= 0.6 is 15.9 Å². The topological polar surface area (TPSA) is 223 Å². The summed E-state index contributed by atoms with van der Waals surface area (Å²) in [7, 11) is 0. The first-order valence-corrected chi connectivity index (χ1v) is 25.8. The minimum Gasteiger partial charge on any atom is -0.462 e. The van der Waals surface area contributed by atoms with Gasteiger partial charge in [-0.3, -0.25) is 19.2 Å². The van der Waals surface area contributed by atoms with Gasteiger partial charge in [0.1, 0.15) is 0 Å². The van der Waals surface area contributed by atoms with Gasteiger partial charge >= 0.3 is 17.9 Å². The monoisotopic (exact) mass is 1120 g/mol. The summed E-state index contributed by atoms with van der Waals surface area (Å²) in [4.78, 5) is 85.7. The van der Waals surface area contributed by atoms with E-state index in [4.69, 9.17) is 25.7 Å². The number of ketones is 4. The van der Waals surface area contributed by atoms with E-state index in [0.717, 1.165) is 39.0 Å². The van der Waals surface area contributed by atoms with Crippen LogP contribution in [-0.4, -0.2) is 60.9 Å². The van der Waals surface area contributed by atoms with Crippen molar-refractivity contribution in [2.75, 3.05) is 41.9 Å². The molecule has 0 atom stereocenters. The predicted molar refractivity (Wildman–Crippen MR) is 310 cm³/mol. The fourth-order valence-electron chi connectivity index (χ4n) is 8.14. The zero-order chi connectivity index (χ0) is 56.9. The number of carbonyl (C=O) groups is 7. The van der Waals surface area contributed by atoms with Gasteiger partial charge in [0.15, 0.2) is 23.1 Å². The Morgan fingerprint density at radius 3 is 0.975 bits per heavy atom. The van der Waals surface area contributed by atoms with Crippen LogP contribution in [-0.2, 0) is 47.9 Å². The summed E-state index contributed by atoms with van der Waals surface area (Å²) in [5, 5.41) is 6.60. The third kappa shape index (κ3) is 14.9. The second kappa shape index (κ2) is 26.1. The number of carbonyl (C=O) groups excluding carboxylic acids is 7. The summed E-state index contributed by atoms with van der Waals surface area (Å²) in [6.07, 6.45) is 1.88. The van der Waals surface area contributed by atoms with Crippen molar-refractivity contribution in [2.24, 2.45) is 0 Å². The molecule has 7 aromatic carbocycles. The molecular weight excluding hydrogens is 1060 g/mol. The fraction of sp³-hybridized carbons (Fsp3) is 0.141. The van der Waals surface area contributed by atoms with Gasteiger partial charge in [0.25, 0.3) is 0 Å². The highest BCUT2D eigenvalue weighted by molar-refractivity contribution is 9.10. The molecule has 15 heteroatoms. The lowest BCUT2D eigenvalue weighted by atomic mass is 9.83. The third-order valence-electron chi connectivity index (χ3n) is 12.4. The van der Waals surface area contributed by atoms with Gasteiger partial charge in [-0.25, -0.2) is 14.4 Å². The number of halogens is 1. The second-order valence-electron chi connectivity index (χ2n) is 18.7. The molecule has 2 aliphatic rings. The number of hydrogen-bond acceptors (Lipinski definition) is 14. The molecule has 0 aliphatic heterocycles. The van der Waals surface area contributed by atoms with Gasteiger partial charge in [-0.1, -0.05) is 72.1 Å². The van der Waals surface area contributed by atoms with E-state index >= 15 is 0 Å². The minimum atomic E-state index is -0.405. The van der Waals surface area contributed by atoms with Gasteiger partial charge in [0.05, 0.1) is 19.8 Å². The molecule has 9 rings (SSSR count). The van der Waals surface area contributed by atoms with Gasteiger partial charge in [0.2, 0.25) is 0 Å². The number of hydrogen-bond donors (Lipinski definition) is 4. The quantitative estimate of drug-likeness (QED) is 0.0306. The molecule has 0 bridgehead atoms. The van der Waals surface area contributed by atoms with Crippen molar-refractivity contribution in [2.45, 2.75) is 40.0 Å². The highest BCUT2D eigenvalue weighted by Gasteiger charge is 2.31. The molecule has 0 spiro atoms. The molecule has 0 fully saturated rings. The lowest BCUT2D eigenvalue weighted by molar-refractivity contribution is -0.139. The van der Waals surface area contributed by atoms with Crippen LogP contribution in [0.3, 0.4) is 0 Å². The van der Waals surface area contributed by atoms with Crippen LogP contribution in [0.4, 0.5) is 34.1 Å². The molecule has 400 valence electrons. The first kappa shape index (κ1) is 57.2. The van der Waals surface area contributed by atoms with E-state index in [9.17, 15) is 33.6 Å². The average Bonchev–Trinajstić information content (AvgIpc) is 3.57. The number of esters is 3. The standard InChI is InChI=1S/C38H34N2O6.C14H10N2O2.C12H13BrO2/c1-23(2)37(43)45-19-17-25-5-9-27(10-6-25)39-29-13-15-31-33(21-29)36(42)34-22-30(14-16-32(34)35(31)41)40-28-11-7-26(8-12-28)18-20-46-38(44)24(3)4;15-7-1-3-9-11(5-7)14(18)12-6-8(16)2-4-10(12)13(9)17;1-9(2)12(14)15-8-7-10-3-5-11(13)6-4-10/h5-16,21-22,39-40H,1,3,17-20H2,2,4H3;1-6H,15-16H2;3-6H,1,7-8H2,2H3. The van der Waals surface area contributed by atoms with Gasteiger partial charge < -0.3 is 36.3 Å². The Bertz CT molecular complexity index is 3380. The maximum atomic E-state index is 13.6. The Labute approximate surface area is 466 Å². The highest BCUT2D eigenvalue weighted by Crippen LogP contribution is 2.33. The van der Waals surface area contributed by atoms with Crippen molar-refractivity contribution in [3.63, 3.8) is 0 Å². The Kier molecular flexibility index (Phi) is 18.9. The molecule has 0 aromatic heterocycles. The third-order valence-corrected chi connectivity index (χ3v) is 12.9. The van der Waals surface area contributed by atoms with E-state index < -0.39 is 11.9 Å². The van der Waals surface area contributed by atoms with Crippen molar-refractivity contribution < 1.29 is 47.8 Å². The molecule has 14 nitrogen and oxygen atoms in total.